The number of thiophene rings is 1. The van der Waals surface area contributed by atoms with E-state index in [1.807, 2.05) is 6.26 Å². The molecule has 1 aromatic carbocycles. The van der Waals surface area contributed by atoms with Crippen LogP contribution in [0.15, 0.2) is 22.4 Å². The Morgan fingerprint density at radius 2 is 2.14 bits per heavy atom. The third-order valence-corrected chi connectivity index (χ3v) is 5.83. The Bertz CT molecular complexity index is 766. The summed E-state index contributed by atoms with van der Waals surface area (Å²) in [5.41, 5.74) is 1.68. The zero-order valence-electron chi connectivity index (χ0n) is 11.8. The summed E-state index contributed by atoms with van der Waals surface area (Å²) in [6, 6.07) is 5.06. The monoisotopic (exact) mass is 371 g/mol. The third kappa shape index (κ3) is 3.26. The van der Waals surface area contributed by atoms with Crippen molar-refractivity contribution in [1.29, 1.82) is 0 Å². The molecular formula is C15H11Cl2NO2S2. The molecule has 0 bridgehead atoms. The molecule has 0 aliphatic carbocycles. The van der Waals surface area contributed by atoms with E-state index in [1.54, 1.807) is 25.1 Å². The molecule has 0 atom stereocenters. The van der Waals surface area contributed by atoms with Crippen molar-refractivity contribution >= 4 is 58.0 Å². The smallest absolute Gasteiger partial charge is 0.347 e. The van der Waals surface area contributed by atoms with E-state index in [-0.39, 0.29) is 6.61 Å². The van der Waals surface area contributed by atoms with E-state index in [0.717, 1.165) is 4.21 Å². The Labute approximate surface area is 147 Å². The summed E-state index contributed by atoms with van der Waals surface area (Å²) in [5.74, 6) is -0.432. The van der Waals surface area contributed by atoms with E-state index < -0.39 is 5.97 Å². The lowest BCUT2D eigenvalue weighted by molar-refractivity contribution is 0.0533. The van der Waals surface area contributed by atoms with Crippen molar-refractivity contribution in [2.24, 2.45) is 0 Å². The van der Waals surface area contributed by atoms with Crippen LogP contribution in [0.25, 0.3) is 16.0 Å². The average Bonchev–Trinajstić information content (AvgIpc) is 2.89. The molecule has 0 aliphatic rings. The van der Waals surface area contributed by atoms with Crippen LogP contribution in [0.4, 0.5) is 5.69 Å². The Morgan fingerprint density at radius 1 is 1.41 bits per heavy atom. The summed E-state index contributed by atoms with van der Waals surface area (Å²) in [6.07, 6.45) is 1.87. The first-order valence-corrected chi connectivity index (χ1v) is 9.04. The Morgan fingerprint density at radius 3 is 2.68 bits per heavy atom. The van der Waals surface area contributed by atoms with E-state index in [9.17, 15) is 4.79 Å². The molecule has 3 nitrogen and oxygen atoms in total. The minimum absolute atomic E-state index is 0.277. The highest BCUT2D eigenvalue weighted by Crippen LogP contribution is 2.48. The summed E-state index contributed by atoms with van der Waals surface area (Å²) >= 11 is 14.7. The molecule has 0 saturated carbocycles. The van der Waals surface area contributed by atoms with Crippen molar-refractivity contribution in [2.75, 3.05) is 12.9 Å². The number of carbonyl (C=O) groups is 1. The summed E-state index contributed by atoms with van der Waals surface area (Å²) in [7, 11) is 0. The number of ether oxygens (including phenoxy) is 1. The van der Waals surface area contributed by atoms with Gasteiger partial charge >= 0.3 is 5.97 Å². The fourth-order valence-electron chi connectivity index (χ4n) is 1.90. The van der Waals surface area contributed by atoms with Crippen LogP contribution in [0.5, 0.6) is 0 Å². The maximum Gasteiger partial charge on any atom is 0.347 e. The summed E-state index contributed by atoms with van der Waals surface area (Å²) < 4.78 is 5.88. The summed E-state index contributed by atoms with van der Waals surface area (Å²) in [5, 5.41) is 0.801. The number of esters is 1. The maximum absolute atomic E-state index is 12.2. The Hall–Kier alpha value is -1.19. The van der Waals surface area contributed by atoms with Gasteiger partial charge < -0.3 is 4.74 Å². The van der Waals surface area contributed by atoms with Gasteiger partial charge in [-0.25, -0.2) is 9.64 Å². The predicted octanol–water partition coefficient (Wildman–Crippen LogP) is 6.17. The van der Waals surface area contributed by atoms with E-state index in [0.29, 0.717) is 31.7 Å². The normalized spacial score (nSPS) is 10.3. The first-order valence-electron chi connectivity index (χ1n) is 6.24. The number of hydrogen-bond donors (Lipinski definition) is 0. The second kappa shape index (κ2) is 7.38. The van der Waals surface area contributed by atoms with Crippen LogP contribution in [-0.2, 0) is 4.74 Å². The highest BCUT2D eigenvalue weighted by atomic mass is 35.5. The first-order chi connectivity index (χ1) is 10.5. The predicted molar refractivity (Wildman–Crippen MR) is 93.8 cm³/mol. The minimum atomic E-state index is -0.432. The molecule has 2 rings (SSSR count). The quantitative estimate of drug-likeness (QED) is 0.365. The fourth-order valence-corrected chi connectivity index (χ4v) is 4.01. The molecule has 1 aromatic heterocycles. The largest absolute Gasteiger partial charge is 0.462 e. The van der Waals surface area contributed by atoms with Crippen LogP contribution in [0.3, 0.4) is 0 Å². The zero-order chi connectivity index (χ0) is 16.3. The van der Waals surface area contributed by atoms with Gasteiger partial charge in [0.2, 0.25) is 5.69 Å². The fraction of sp³-hybridized carbons (Fsp3) is 0.200. The molecule has 1 heterocycles. The van der Waals surface area contributed by atoms with Gasteiger partial charge in [-0.1, -0.05) is 29.3 Å². The second-order valence-electron chi connectivity index (χ2n) is 4.11. The SMILES string of the molecule is [C-]#[N+]c1c(SC)sc(C(=O)OCC)c1-c1ccc(Cl)c(Cl)c1. The second-order valence-corrected chi connectivity index (χ2v) is 7.02. The summed E-state index contributed by atoms with van der Waals surface area (Å²) in [4.78, 5) is 16.2. The van der Waals surface area contributed by atoms with Crippen molar-refractivity contribution < 1.29 is 9.53 Å². The van der Waals surface area contributed by atoms with Gasteiger partial charge in [0.15, 0.2) is 0 Å². The number of carbonyl (C=O) groups excluding carboxylic acids is 1. The molecule has 0 N–H and O–H groups in total. The number of rotatable bonds is 4. The van der Waals surface area contributed by atoms with Gasteiger partial charge in [0.25, 0.3) is 0 Å². The van der Waals surface area contributed by atoms with Crippen LogP contribution < -0.4 is 0 Å². The lowest BCUT2D eigenvalue weighted by atomic mass is 10.1. The molecule has 0 radical (unpaired) electrons. The highest BCUT2D eigenvalue weighted by molar-refractivity contribution is 8.00. The number of thioether (sulfide) groups is 1. The molecule has 114 valence electrons. The topological polar surface area (TPSA) is 30.7 Å². The van der Waals surface area contributed by atoms with Crippen molar-refractivity contribution in [3.63, 3.8) is 0 Å². The number of nitrogens with zero attached hydrogens (tertiary/aromatic N) is 1. The molecule has 0 fully saturated rings. The van der Waals surface area contributed by atoms with Crippen molar-refractivity contribution in [1.82, 2.24) is 0 Å². The van der Waals surface area contributed by atoms with E-state index in [2.05, 4.69) is 4.85 Å². The molecule has 0 saturated heterocycles. The molecule has 2 aromatic rings. The Kier molecular flexibility index (Phi) is 5.76. The van der Waals surface area contributed by atoms with Gasteiger partial charge in [0.1, 0.15) is 4.88 Å². The molecule has 0 amide bonds. The van der Waals surface area contributed by atoms with E-state index >= 15 is 0 Å². The molecule has 22 heavy (non-hydrogen) atoms. The number of benzene rings is 1. The first kappa shape index (κ1) is 17.2. The minimum Gasteiger partial charge on any atom is -0.462 e. The molecular weight excluding hydrogens is 361 g/mol. The van der Waals surface area contributed by atoms with Crippen LogP contribution in [-0.4, -0.2) is 18.8 Å². The van der Waals surface area contributed by atoms with Gasteiger partial charge in [-0.05, 0) is 30.9 Å². The van der Waals surface area contributed by atoms with Gasteiger partial charge in [-0.15, -0.1) is 23.1 Å². The van der Waals surface area contributed by atoms with Crippen LogP contribution >= 0.6 is 46.3 Å². The number of halogens is 2. The van der Waals surface area contributed by atoms with Crippen molar-refractivity contribution in [2.45, 2.75) is 11.1 Å². The van der Waals surface area contributed by atoms with Gasteiger partial charge in [-0.3, -0.25) is 0 Å². The lowest BCUT2D eigenvalue weighted by Crippen LogP contribution is -2.03. The average molecular weight is 372 g/mol. The molecule has 0 spiro atoms. The summed E-state index contributed by atoms with van der Waals surface area (Å²) in [6.45, 7) is 9.46. The van der Waals surface area contributed by atoms with Crippen molar-refractivity contribution in [3.8, 4) is 11.1 Å². The number of hydrogen-bond acceptors (Lipinski definition) is 4. The zero-order valence-corrected chi connectivity index (χ0v) is 14.9. The molecule has 0 unspecified atom stereocenters. The van der Waals surface area contributed by atoms with Crippen LogP contribution in [0.2, 0.25) is 10.0 Å². The van der Waals surface area contributed by atoms with Gasteiger partial charge in [-0.2, -0.15) is 0 Å². The van der Waals surface area contributed by atoms with E-state index in [1.165, 1.54) is 23.1 Å². The Balaban J connectivity index is 2.70. The van der Waals surface area contributed by atoms with Crippen LogP contribution in [0.1, 0.15) is 16.6 Å². The molecule has 7 heteroatoms. The van der Waals surface area contributed by atoms with Crippen molar-refractivity contribution in [3.05, 3.63) is 44.5 Å². The lowest BCUT2D eigenvalue weighted by Gasteiger charge is -2.06. The van der Waals surface area contributed by atoms with Crippen LogP contribution in [0, 0.1) is 6.57 Å². The van der Waals surface area contributed by atoms with Gasteiger partial charge in [0.05, 0.1) is 27.4 Å². The van der Waals surface area contributed by atoms with Gasteiger partial charge in [0, 0.05) is 5.56 Å². The standard InChI is InChI=1S/C15H11Cl2NO2S2/c1-4-20-14(19)13-11(12(18-2)15(21-3)22-13)8-5-6-9(16)10(17)7-8/h5-7H,4H2,1,3H3. The maximum atomic E-state index is 12.2. The third-order valence-electron chi connectivity index (χ3n) is 2.82. The highest BCUT2D eigenvalue weighted by Gasteiger charge is 2.25. The van der Waals surface area contributed by atoms with E-state index in [4.69, 9.17) is 34.5 Å². The molecule has 0 aliphatic heterocycles.